The topological polar surface area (TPSA) is 100 Å². The third-order valence-corrected chi connectivity index (χ3v) is 7.43. The van der Waals surface area contributed by atoms with Crippen molar-refractivity contribution in [3.8, 4) is 23.0 Å². The number of nitrogens with one attached hydrogen (secondary N) is 2. The number of aliphatic carboxylic acids is 1. The molecule has 2 atom stereocenters. The molecule has 0 aliphatic heterocycles. The molecule has 0 spiro atoms. The average molecular weight is 491 g/mol. The van der Waals surface area contributed by atoms with Crippen LogP contribution >= 0.6 is 0 Å². The van der Waals surface area contributed by atoms with Crippen LogP contribution in [0.2, 0.25) is 0 Å². The van der Waals surface area contributed by atoms with Crippen LogP contribution in [0.15, 0.2) is 54.7 Å². The first-order valence-corrected chi connectivity index (χ1v) is 12.0. The summed E-state index contributed by atoms with van der Waals surface area (Å²) in [5, 5.41) is 13.6. The lowest BCUT2D eigenvalue weighted by molar-refractivity contribution is -0.148. The van der Waals surface area contributed by atoms with Crippen molar-refractivity contribution in [1.82, 2.24) is 15.0 Å². The minimum absolute atomic E-state index is 0.130. The minimum Gasteiger partial charge on any atom is -0.481 e. The van der Waals surface area contributed by atoms with E-state index in [0.717, 1.165) is 31.7 Å². The zero-order valence-corrected chi connectivity index (χ0v) is 19.2. The number of aromatic nitrogens is 3. The van der Waals surface area contributed by atoms with Crippen molar-refractivity contribution in [2.24, 2.45) is 17.8 Å². The highest BCUT2D eigenvalue weighted by Gasteiger charge is 2.47. The maximum absolute atomic E-state index is 14.3. The van der Waals surface area contributed by atoms with Gasteiger partial charge in [0.15, 0.2) is 5.82 Å². The molecule has 2 aromatic heterocycles. The van der Waals surface area contributed by atoms with Gasteiger partial charge in [-0.25, -0.2) is 13.8 Å². The van der Waals surface area contributed by atoms with E-state index < -0.39 is 23.5 Å². The number of rotatable bonds is 6. The van der Waals surface area contributed by atoms with E-state index in [0.29, 0.717) is 22.5 Å². The molecule has 3 aliphatic rings. The SMILES string of the molecule is O=C(O)[C@@H]1C2CCC(CC2)C1Nc1cc(Oc2ccccc2)nc(-c2c[nH]c3c(F)cc(F)cc23)n1. The van der Waals surface area contributed by atoms with Gasteiger partial charge in [0, 0.05) is 35.3 Å². The van der Waals surface area contributed by atoms with Crippen LogP contribution < -0.4 is 10.1 Å². The van der Waals surface area contributed by atoms with Crippen LogP contribution in [0.1, 0.15) is 25.7 Å². The molecule has 3 aliphatic carbocycles. The van der Waals surface area contributed by atoms with Crippen LogP contribution in [-0.2, 0) is 4.79 Å². The highest BCUT2D eigenvalue weighted by Crippen LogP contribution is 2.46. The molecule has 3 N–H and O–H groups in total. The number of aromatic amines is 1. The molecule has 7 nitrogen and oxygen atoms in total. The standard InChI is InChI=1S/C27H24F2N4O3/c28-16-10-18-19(13-30-25(18)20(29)11-16)26-32-21(12-22(33-26)36-17-4-2-1-3-5-17)31-24-15-8-6-14(7-9-15)23(24)27(34)35/h1-5,10-15,23-24,30H,6-9H2,(H,34,35)(H,31,32,33)/t14?,15?,23-,24?/m1/s1. The fourth-order valence-electron chi connectivity index (χ4n) is 5.80. The number of H-pyrrole nitrogens is 1. The van der Waals surface area contributed by atoms with Gasteiger partial charge in [-0.3, -0.25) is 4.79 Å². The van der Waals surface area contributed by atoms with Gasteiger partial charge in [-0.15, -0.1) is 0 Å². The molecule has 7 rings (SSSR count). The normalized spacial score (nSPS) is 23.1. The molecule has 3 fully saturated rings. The Bertz CT molecular complexity index is 1430. The Morgan fingerprint density at radius 1 is 1.03 bits per heavy atom. The molecule has 9 heteroatoms. The monoisotopic (exact) mass is 490 g/mol. The highest BCUT2D eigenvalue weighted by atomic mass is 19.1. The van der Waals surface area contributed by atoms with Gasteiger partial charge in [0.25, 0.3) is 0 Å². The van der Waals surface area contributed by atoms with Gasteiger partial charge in [0.1, 0.15) is 23.2 Å². The molecular formula is C27H24F2N4O3. The Hall–Kier alpha value is -4.01. The van der Waals surface area contributed by atoms with Crippen LogP contribution in [0, 0.1) is 29.4 Å². The first kappa shape index (κ1) is 22.5. The van der Waals surface area contributed by atoms with E-state index in [1.807, 2.05) is 18.2 Å². The van der Waals surface area contributed by atoms with E-state index in [1.165, 1.54) is 12.3 Å². The molecule has 2 heterocycles. The zero-order chi connectivity index (χ0) is 24.8. The largest absolute Gasteiger partial charge is 0.481 e. The predicted octanol–water partition coefficient (Wildman–Crippen LogP) is 6.00. The van der Waals surface area contributed by atoms with Crippen molar-refractivity contribution < 1.29 is 23.4 Å². The van der Waals surface area contributed by atoms with Crippen LogP contribution in [0.4, 0.5) is 14.6 Å². The molecule has 2 bridgehead atoms. The number of carboxylic acid groups (broad SMARTS) is 1. The zero-order valence-electron chi connectivity index (χ0n) is 19.2. The summed E-state index contributed by atoms with van der Waals surface area (Å²) < 4.78 is 34.4. The number of hydrogen-bond acceptors (Lipinski definition) is 5. The van der Waals surface area contributed by atoms with E-state index in [9.17, 15) is 18.7 Å². The van der Waals surface area contributed by atoms with Gasteiger partial charge in [-0.05, 0) is 55.7 Å². The second kappa shape index (κ2) is 8.89. The number of benzene rings is 2. The maximum atomic E-state index is 14.3. The highest BCUT2D eigenvalue weighted by molar-refractivity contribution is 5.94. The number of fused-ring (bicyclic) bond motifs is 4. The summed E-state index contributed by atoms with van der Waals surface area (Å²) in [6.45, 7) is 0. The summed E-state index contributed by atoms with van der Waals surface area (Å²) in [6, 6.07) is 12.5. The predicted molar refractivity (Wildman–Crippen MR) is 130 cm³/mol. The summed E-state index contributed by atoms with van der Waals surface area (Å²) in [7, 11) is 0. The van der Waals surface area contributed by atoms with Gasteiger partial charge in [-0.1, -0.05) is 18.2 Å². The van der Waals surface area contributed by atoms with Crippen molar-refractivity contribution in [2.45, 2.75) is 31.7 Å². The number of para-hydroxylation sites is 1. The molecule has 4 aromatic rings. The molecule has 1 unspecified atom stereocenters. The number of carbonyl (C=O) groups is 1. The molecule has 3 saturated carbocycles. The smallest absolute Gasteiger partial charge is 0.308 e. The Morgan fingerprint density at radius 2 is 1.78 bits per heavy atom. The van der Waals surface area contributed by atoms with E-state index in [-0.39, 0.29) is 35.1 Å². The maximum Gasteiger partial charge on any atom is 0.308 e. The van der Waals surface area contributed by atoms with Crippen LogP contribution in [0.3, 0.4) is 0 Å². The molecule has 36 heavy (non-hydrogen) atoms. The molecular weight excluding hydrogens is 466 g/mol. The fourth-order valence-corrected chi connectivity index (χ4v) is 5.80. The molecule has 0 radical (unpaired) electrons. The van der Waals surface area contributed by atoms with E-state index in [1.54, 1.807) is 18.2 Å². The lowest BCUT2D eigenvalue weighted by atomic mass is 9.61. The van der Waals surface area contributed by atoms with E-state index in [2.05, 4.69) is 20.3 Å². The number of hydrogen-bond donors (Lipinski definition) is 3. The second-order valence-electron chi connectivity index (χ2n) is 9.55. The number of halogens is 2. The lowest BCUT2D eigenvalue weighted by Crippen LogP contribution is -2.51. The summed E-state index contributed by atoms with van der Waals surface area (Å²) in [5.74, 6) is -0.986. The third-order valence-electron chi connectivity index (χ3n) is 7.43. The van der Waals surface area contributed by atoms with Crippen molar-refractivity contribution in [3.05, 3.63) is 66.4 Å². The number of nitrogens with zero attached hydrogens (tertiary/aromatic N) is 2. The third kappa shape index (κ3) is 4.04. The van der Waals surface area contributed by atoms with Gasteiger partial charge >= 0.3 is 5.97 Å². The lowest BCUT2D eigenvalue weighted by Gasteiger charge is -2.47. The number of ether oxygens (including phenoxy) is 1. The average Bonchev–Trinajstić information content (AvgIpc) is 3.29. The van der Waals surface area contributed by atoms with Crippen molar-refractivity contribution in [1.29, 1.82) is 0 Å². The van der Waals surface area contributed by atoms with E-state index >= 15 is 0 Å². The Labute approximate surface area is 205 Å². The molecule has 0 amide bonds. The summed E-state index contributed by atoms with van der Waals surface area (Å²) in [4.78, 5) is 24.1. The Kier molecular flexibility index (Phi) is 5.55. The Balaban J connectivity index is 1.43. The first-order valence-electron chi connectivity index (χ1n) is 12.0. The molecule has 2 aromatic carbocycles. The van der Waals surface area contributed by atoms with Crippen molar-refractivity contribution in [3.63, 3.8) is 0 Å². The Morgan fingerprint density at radius 3 is 2.53 bits per heavy atom. The van der Waals surface area contributed by atoms with Crippen LogP contribution in [0.5, 0.6) is 11.6 Å². The van der Waals surface area contributed by atoms with Gasteiger partial charge < -0.3 is 20.1 Å². The van der Waals surface area contributed by atoms with Crippen LogP contribution in [0.25, 0.3) is 22.3 Å². The summed E-state index contributed by atoms with van der Waals surface area (Å²) >= 11 is 0. The summed E-state index contributed by atoms with van der Waals surface area (Å²) in [5.41, 5.74) is 0.555. The minimum atomic E-state index is -0.806. The number of anilines is 1. The van der Waals surface area contributed by atoms with Gasteiger partial charge in [0.05, 0.1) is 11.4 Å². The first-order chi connectivity index (χ1) is 17.5. The number of carboxylic acids is 1. The second-order valence-corrected chi connectivity index (χ2v) is 9.55. The molecule has 184 valence electrons. The molecule has 0 saturated heterocycles. The quantitative estimate of drug-likeness (QED) is 0.307. The van der Waals surface area contributed by atoms with E-state index in [4.69, 9.17) is 4.74 Å². The fraction of sp³-hybridized carbons (Fsp3) is 0.296. The van der Waals surface area contributed by atoms with Gasteiger partial charge in [-0.2, -0.15) is 4.98 Å². The summed E-state index contributed by atoms with van der Waals surface area (Å²) in [6.07, 6.45) is 5.31. The van der Waals surface area contributed by atoms with Crippen molar-refractivity contribution in [2.75, 3.05) is 5.32 Å². The van der Waals surface area contributed by atoms with Gasteiger partial charge in [0.2, 0.25) is 5.88 Å². The van der Waals surface area contributed by atoms with Crippen molar-refractivity contribution >= 4 is 22.7 Å². The van der Waals surface area contributed by atoms with Crippen LogP contribution in [-0.4, -0.2) is 32.1 Å².